The van der Waals surface area contributed by atoms with Gasteiger partial charge in [-0.2, -0.15) is 0 Å². The van der Waals surface area contributed by atoms with E-state index in [-0.39, 0.29) is 22.6 Å². The SMILES string of the molecule is COc1c(C=O)cc(OC)c(=O)cc1CCl. The Morgan fingerprint density at radius 3 is 2.44 bits per heavy atom. The van der Waals surface area contributed by atoms with E-state index in [2.05, 4.69) is 0 Å². The highest BCUT2D eigenvalue weighted by Crippen LogP contribution is 2.24. The lowest BCUT2D eigenvalue weighted by atomic mass is 10.2. The summed E-state index contributed by atoms with van der Waals surface area (Å²) in [4.78, 5) is 22.5. The minimum atomic E-state index is -0.343. The summed E-state index contributed by atoms with van der Waals surface area (Å²) in [5.74, 6) is 0.457. The molecule has 0 amide bonds. The predicted octanol–water partition coefficient (Wildman–Crippen LogP) is 1.62. The third-order valence-electron chi connectivity index (χ3n) is 2.08. The van der Waals surface area contributed by atoms with E-state index in [9.17, 15) is 9.59 Å². The first-order chi connectivity index (χ1) is 7.67. The Labute approximate surface area is 97.8 Å². The van der Waals surface area contributed by atoms with Crippen LogP contribution >= 0.6 is 11.6 Å². The average molecular weight is 243 g/mol. The molecule has 0 radical (unpaired) electrons. The van der Waals surface area contributed by atoms with Crippen molar-refractivity contribution in [3.05, 3.63) is 33.5 Å². The number of ether oxygens (including phenoxy) is 2. The highest BCUT2D eigenvalue weighted by atomic mass is 35.5. The summed E-state index contributed by atoms with van der Waals surface area (Å²) in [6.07, 6.45) is 0.594. The second-order valence-electron chi connectivity index (χ2n) is 2.99. The third kappa shape index (κ3) is 2.33. The summed E-state index contributed by atoms with van der Waals surface area (Å²) in [6, 6.07) is 2.64. The Hall–Kier alpha value is -1.55. The lowest BCUT2D eigenvalue weighted by molar-refractivity contribution is 0.112. The maximum Gasteiger partial charge on any atom is 0.220 e. The van der Waals surface area contributed by atoms with Crippen molar-refractivity contribution < 1.29 is 14.3 Å². The molecule has 86 valence electrons. The monoisotopic (exact) mass is 242 g/mol. The summed E-state index contributed by atoms with van der Waals surface area (Å²) in [5.41, 5.74) is 0.348. The number of hydrogen-bond donors (Lipinski definition) is 0. The molecule has 0 atom stereocenters. The van der Waals surface area contributed by atoms with Crippen molar-refractivity contribution in [2.45, 2.75) is 5.88 Å². The van der Waals surface area contributed by atoms with Crippen LogP contribution in [0.5, 0.6) is 11.5 Å². The first-order valence-corrected chi connectivity index (χ1v) is 5.01. The summed E-state index contributed by atoms with van der Waals surface area (Å²) < 4.78 is 9.94. The molecule has 5 heteroatoms. The van der Waals surface area contributed by atoms with Gasteiger partial charge in [0.05, 0.1) is 25.7 Å². The lowest BCUT2D eigenvalue weighted by Crippen LogP contribution is -2.00. The zero-order chi connectivity index (χ0) is 12.1. The average Bonchev–Trinajstić information content (AvgIpc) is 2.44. The minimum Gasteiger partial charge on any atom is -0.496 e. The van der Waals surface area contributed by atoms with Crippen LogP contribution < -0.4 is 14.9 Å². The Morgan fingerprint density at radius 1 is 1.31 bits per heavy atom. The molecule has 0 bridgehead atoms. The van der Waals surface area contributed by atoms with Crippen LogP contribution in [0.25, 0.3) is 0 Å². The molecule has 0 aliphatic carbocycles. The fraction of sp³-hybridized carbons (Fsp3) is 0.273. The molecule has 0 aromatic heterocycles. The molecule has 1 aromatic rings. The summed E-state index contributed by atoms with van der Waals surface area (Å²) in [6.45, 7) is 0. The van der Waals surface area contributed by atoms with E-state index in [1.54, 1.807) is 0 Å². The van der Waals surface area contributed by atoms with Gasteiger partial charge in [0, 0.05) is 5.56 Å². The van der Waals surface area contributed by atoms with Crippen LogP contribution in [-0.2, 0) is 5.88 Å². The van der Waals surface area contributed by atoms with Gasteiger partial charge in [-0.05, 0) is 12.1 Å². The van der Waals surface area contributed by atoms with Crippen molar-refractivity contribution in [3.8, 4) is 11.5 Å². The number of alkyl halides is 1. The lowest BCUT2D eigenvalue weighted by Gasteiger charge is -2.03. The van der Waals surface area contributed by atoms with Gasteiger partial charge < -0.3 is 9.47 Å². The molecular weight excluding hydrogens is 232 g/mol. The number of carbonyl (C=O) groups excluding carboxylic acids is 1. The van der Waals surface area contributed by atoms with Gasteiger partial charge in [0.1, 0.15) is 5.75 Å². The number of halogens is 1. The van der Waals surface area contributed by atoms with Crippen molar-refractivity contribution in [1.29, 1.82) is 0 Å². The minimum absolute atomic E-state index is 0.0803. The summed E-state index contributed by atoms with van der Waals surface area (Å²) in [7, 11) is 2.77. The first-order valence-electron chi connectivity index (χ1n) is 4.48. The summed E-state index contributed by atoms with van der Waals surface area (Å²) in [5, 5.41) is 0. The van der Waals surface area contributed by atoms with E-state index in [4.69, 9.17) is 21.1 Å². The van der Waals surface area contributed by atoms with Crippen LogP contribution in [0, 0.1) is 0 Å². The highest BCUT2D eigenvalue weighted by molar-refractivity contribution is 6.17. The molecule has 0 aliphatic rings. The van der Waals surface area contributed by atoms with E-state index >= 15 is 0 Å². The van der Waals surface area contributed by atoms with Gasteiger partial charge in [-0.3, -0.25) is 9.59 Å². The fourth-order valence-electron chi connectivity index (χ4n) is 1.35. The normalized spacial score (nSPS) is 9.69. The maximum absolute atomic E-state index is 11.6. The molecule has 0 N–H and O–H groups in total. The highest BCUT2D eigenvalue weighted by Gasteiger charge is 2.11. The zero-order valence-corrected chi connectivity index (χ0v) is 9.71. The number of aldehydes is 1. The van der Waals surface area contributed by atoms with E-state index in [1.165, 1.54) is 26.4 Å². The van der Waals surface area contributed by atoms with E-state index < -0.39 is 0 Å². The number of carbonyl (C=O) groups is 1. The van der Waals surface area contributed by atoms with Gasteiger partial charge >= 0.3 is 0 Å². The molecule has 16 heavy (non-hydrogen) atoms. The van der Waals surface area contributed by atoms with Crippen molar-refractivity contribution in [2.24, 2.45) is 0 Å². The van der Waals surface area contributed by atoms with Crippen LogP contribution in [-0.4, -0.2) is 20.5 Å². The fourth-order valence-corrected chi connectivity index (χ4v) is 1.55. The molecule has 0 aliphatic heterocycles. The number of methoxy groups -OCH3 is 2. The van der Waals surface area contributed by atoms with Crippen LogP contribution in [0.1, 0.15) is 15.9 Å². The topological polar surface area (TPSA) is 52.6 Å². The Bertz CT molecular complexity index is 457. The molecule has 1 aromatic carbocycles. The largest absolute Gasteiger partial charge is 0.496 e. The van der Waals surface area contributed by atoms with Crippen LogP contribution in [0.2, 0.25) is 0 Å². The third-order valence-corrected chi connectivity index (χ3v) is 2.37. The first kappa shape index (κ1) is 12.5. The van der Waals surface area contributed by atoms with Crippen molar-refractivity contribution >= 4 is 17.9 Å². The maximum atomic E-state index is 11.6. The number of rotatable bonds is 4. The van der Waals surface area contributed by atoms with Gasteiger partial charge in [0.15, 0.2) is 12.0 Å². The second kappa shape index (κ2) is 5.51. The quantitative estimate of drug-likeness (QED) is 0.595. The standard InChI is InChI=1S/C11H11ClO4/c1-15-10-4-8(6-13)11(16-2)7(5-12)3-9(10)14/h3-4,6H,5H2,1-2H3. The smallest absolute Gasteiger partial charge is 0.220 e. The predicted molar refractivity (Wildman–Crippen MR) is 60.8 cm³/mol. The second-order valence-corrected chi connectivity index (χ2v) is 3.25. The molecular formula is C11H11ClO4. The molecule has 0 spiro atoms. The van der Waals surface area contributed by atoms with Crippen molar-refractivity contribution in [2.75, 3.05) is 14.2 Å². The van der Waals surface area contributed by atoms with Gasteiger partial charge in [0.25, 0.3) is 0 Å². The molecule has 4 nitrogen and oxygen atoms in total. The Balaban J connectivity index is 3.67. The van der Waals surface area contributed by atoms with Crippen LogP contribution in [0.4, 0.5) is 0 Å². The van der Waals surface area contributed by atoms with Gasteiger partial charge in [0.2, 0.25) is 5.43 Å². The van der Waals surface area contributed by atoms with Crippen molar-refractivity contribution in [3.63, 3.8) is 0 Å². The van der Waals surface area contributed by atoms with Crippen molar-refractivity contribution in [1.82, 2.24) is 0 Å². The molecule has 0 heterocycles. The molecule has 1 rings (SSSR count). The van der Waals surface area contributed by atoms with Crippen LogP contribution in [0.3, 0.4) is 0 Å². The molecule has 0 saturated heterocycles. The molecule has 0 fully saturated rings. The molecule has 0 saturated carbocycles. The van der Waals surface area contributed by atoms with Crippen LogP contribution in [0.15, 0.2) is 16.9 Å². The van der Waals surface area contributed by atoms with E-state index in [0.717, 1.165) is 0 Å². The van der Waals surface area contributed by atoms with Gasteiger partial charge in [-0.1, -0.05) is 0 Å². The Morgan fingerprint density at radius 2 is 2.00 bits per heavy atom. The van der Waals surface area contributed by atoms with Gasteiger partial charge in [-0.25, -0.2) is 0 Å². The Kier molecular flexibility index (Phi) is 4.31. The number of hydrogen-bond acceptors (Lipinski definition) is 4. The van der Waals surface area contributed by atoms with Gasteiger partial charge in [-0.15, -0.1) is 11.6 Å². The molecule has 0 unspecified atom stereocenters. The zero-order valence-electron chi connectivity index (χ0n) is 8.95. The van der Waals surface area contributed by atoms with E-state index in [1.807, 2.05) is 0 Å². The summed E-state index contributed by atoms with van der Waals surface area (Å²) >= 11 is 5.69. The van der Waals surface area contributed by atoms with E-state index in [0.29, 0.717) is 17.6 Å².